The van der Waals surface area contributed by atoms with Crippen molar-refractivity contribution in [3.8, 4) is 0 Å². The normalized spacial score (nSPS) is 13.6. The van der Waals surface area contributed by atoms with Gasteiger partial charge in [-0.05, 0) is 94.1 Å². The molecule has 0 N–H and O–H groups in total. The Bertz CT molecular complexity index is 1700. The molecule has 4 aromatic carbocycles. The van der Waals surface area contributed by atoms with Crippen LogP contribution >= 0.6 is 0 Å². The SMILES string of the molecule is CCCCC(CC)CCCn1ccc2c3ccc4c(ccc5c4ccc4c5ccn4CCCC(CC)CCCC)c3ccc21. The summed E-state index contributed by atoms with van der Waals surface area (Å²) in [4.78, 5) is 0. The minimum atomic E-state index is 0.882. The average Bonchev–Trinajstić information content (AvgIpc) is 3.68. The Morgan fingerprint density at radius 3 is 1.11 bits per heavy atom. The third kappa shape index (κ3) is 6.15. The van der Waals surface area contributed by atoms with Crippen LogP contribution in [0.3, 0.4) is 0 Å². The summed E-state index contributed by atoms with van der Waals surface area (Å²) in [6, 6.07) is 23.7. The van der Waals surface area contributed by atoms with Crippen LogP contribution in [-0.4, -0.2) is 9.13 Å². The van der Waals surface area contributed by atoms with Gasteiger partial charge in [-0.15, -0.1) is 0 Å². The minimum absolute atomic E-state index is 0.882. The van der Waals surface area contributed by atoms with Gasteiger partial charge in [0, 0.05) is 47.3 Å². The van der Waals surface area contributed by atoms with Gasteiger partial charge in [-0.2, -0.15) is 0 Å². The molecule has 6 rings (SSSR count). The molecule has 2 heteroatoms. The zero-order chi connectivity index (χ0) is 30.5. The molecule has 0 spiro atoms. The summed E-state index contributed by atoms with van der Waals surface area (Å²) in [5.74, 6) is 1.76. The highest BCUT2D eigenvalue weighted by Gasteiger charge is 2.13. The summed E-state index contributed by atoms with van der Waals surface area (Å²) in [6.45, 7) is 11.6. The Morgan fingerprint density at radius 1 is 0.409 bits per heavy atom. The lowest BCUT2D eigenvalue weighted by Crippen LogP contribution is -2.03. The summed E-state index contributed by atoms with van der Waals surface area (Å²) < 4.78 is 4.97. The summed E-state index contributed by atoms with van der Waals surface area (Å²) in [7, 11) is 0. The summed E-state index contributed by atoms with van der Waals surface area (Å²) in [6.07, 6.45) is 20.6. The zero-order valence-electron chi connectivity index (χ0n) is 27.9. The van der Waals surface area contributed by atoms with Crippen molar-refractivity contribution in [3.05, 3.63) is 73.1 Å². The van der Waals surface area contributed by atoms with Crippen molar-refractivity contribution in [2.75, 3.05) is 0 Å². The van der Waals surface area contributed by atoms with Gasteiger partial charge in [0.15, 0.2) is 0 Å². The van der Waals surface area contributed by atoms with Gasteiger partial charge in [0.1, 0.15) is 0 Å². The molecular weight excluding hydrogens is 532 g/mol. The fraction of sp³-hybridized carbons (Fsp3) is 0.476. The van der Waals surface area contributed by atoms with Crippen LogP contribution in [0.2, 0.25) is 0 Å². The first-order chi connectivity index (χ1) is 21.7. The molecule has 232 valence electrons. The highest BCUT2D eigenvalue weighted by atomic mass is 15.0. The number of aromatic nitrogens is 2. The van der Waals surface area contributed by atoms with Crippen molar-refractivity contribution in [1.82, 2.24) is 9.13 Å². The van der Waals surface area contributed by atoms with Crippen molar-refractivity contribution in [2.24, 2.45) is 11.8 Å². The predicted molar refractivity (Wildman–Crippen MR) is 195 cm³/mol. The molecule has 2 heterocycles. The average molecular weight is 587 g/mol. The Kier molecular flexibility index (Phi) is 9.95. The van der Waals surface area contributed by atoms with Gasteiger partial charge < -0.3 is 9.13 Å². The van der Waals surface area contributed by atoms with Crippen molar-refractivity contribution in [2.45, 2.75) is 118 Å². The van der Waals surface area contributed by atoms with Crippen LogP contribution in [0, 0.1) is 11.8 Å². The third-order valence-electron chi connectivity index (χ3n) is 10.8. The Labute approximate surface area is 265 Å². The molecule has 0 saturated heterocycles. The van der Waals surface area contributed by atoms with E-state index in [-0.39, 0.29) is 0 Å². The van der Waals surface area contributed by atoms with E-state index in [1.165, 1.54) is 131 Å². The van der Waals surface area contributed by atoms with Crippen LogP contribution < -0.4 is 0 Å². The molecule has 0 aliphatic heterocycles. The minimum Gasteiger partial charge on any atom is -0.347 e. The van der Waals surface area contributed by atoms with E-state index in [0.717, 1.165) is 24.9 Å². The molecule has 0 amide bonds. The van der Waals surface area contributed by atoms with Crippen molar-refractivity contribution >= 4 is 54.1 Å². The monoisotopic (exact) mass is 586 g/mol. The van der Waals surface area contributed by atoms with Crippen molar-refractivity contribution < 1.29 is 0 Å². The van der Waals surface area contributed by atoms with Gasteiger partial charge in [-0.1, -0.05) is 115 Å². The van der Waals surface area contributed by atoms with E-state index in [1.807, 2.05) is 0 Å². The van der Waals surface area contributed by atoms with Crippen LogP contribution in [0.5, 0.6) is 0 Å². The number of unbranched alkanes of at least 4 members (excludes halogenated alkanes) is 2. The van der Waals surface area contributed by atoms with E-state index in [0.29, 0.717) is 0 Å². The quantitative estimate of drug-likeness (QED) is 0.0998. The van der Waals surface area contributed by atoms with Gasteiger partial charge in [0.05, 0.1) is 0 Å². The number of nitrogens with zero attached hydrogens (tertiary/aromatic N) is 2. The number of aryl methyl sites for hydroxylation is 2. The highest BCUT2D eigenvalue weighted by molar-refractivity contribution is 6.24. The number of fused-ring (bicyclic) bond motifs is 9. The molecule has 6 aromatic rings. The van der Waals surface area contributed by atoms with E-state index in [1.54, 1.807) is 0 Å². The van der Waals surface area contributed by atoms with Crippen LogP contribution in [-0.2, 0) is 13.1 Å². The van der Waals surface area contributed by atoms with Crippen LogP contribution in [0.25, 0.3) is 54.1 Å². The molecule has 0 aliphatic carbocycles. The molecule has 2 unspecified atom stereocenters. The second kappa shape index (κ2) is 14.2. The fourth-order valence-electron chi connectivity index (χ4n) is 7.98. The molecule has 2 nitrogen and oxygen atoms in total. The largest absolute Gasteiger partial charge is 0.347 e. The van der Waals surface area contributed by atoms with E-state index in [9.17, 15) is 0 Å². The lowest BCUT2D eigenvalue weighted by Gasteiger charge is -2.15. The first-order valence-electron chi connectivity index (χ1n) is 18.0. The first-order valence-corrected chi connectivity index (χ1v) is 18.0. The molecule has 0 fully saturated rings. The second-order valence-corrected chi connectivity index (χ2v) is 13.5. The lowest BCUT2D eigenvalue weighted by atomic mass is 9.94. The molecule has 0 bridgehead atoms. The van der Waals surface area contributed by atoms with Crippen LogP contribution in [0.4, 0.5) is 0 Å². The van der Waals surface area contributed by atoms with Gasteiger partial charge >= 0.3 is 0 Å². The molecule has 2 atom stereocenters. The number of rotatable bonds is 16. The maximum absolute atomic E-state index is 2.49. The van der Waals surface area contributed by atoms with E-state index in [2.05, 4.69) is 110 Å². The van der Waals surface area contributed by atoms with Gasteiger partial charge in [-0.25, -0.2) is 0 Å². The van der Waals surface area contributed by atoms with Gasteiger partial charge in [-0.3, -0.25) is 0 Å². The molecule has 0 radical (unpaired) electrons. The highest BCUT2D eigenvalue weighted by Crippen LogP contribution is 2.37. The van der Waals surface area contributed by atoms with Gasteiger partial charge in [0.2, 0.25) is 0 Å². The van der Waals surface area contributed by atoms with E-state index >= 15 is 0 Å². The zero-order valence-corrected chi connectivity index (χ0v) is 27.9. The second-order valence-electron chi connectivity index (χ2n) is 13.5. The van der Waals surface area contributed by atoms with Crippen LogP contribution in [0.15, 0.2) is 73.1 Å². The first kappa shape index (κ1) is 30.8. The Hall–Kier alpha value is -3.26. The number of benzene rings is 4. The Balaban J connectivity index is 1.25. The lowest BCUT2D eigenvalue weighted by molar-refractivity contribution is 0.398. The Morgan fingerprint density at radius 2 is 0.750 bits per heavy atom. The summed E-state index contributed by atoms with van der Waals surface area (Å²) >= 11 is 0. The summed E-state index contributed by atoms with van der Waals surface area (Å²) in [5, 5.41) is 11.0. The molecule has 44 heavy (non-hydrogen) atoms. The molecule has 2 aromatic heterocycles. The maximum Gasteiger partial charge on any atom is 0.0486 e. The smallest absolute Gasteiger partial charge is 0.0486 e. The van der Waals surface area contributed by atoms with E-state index in [4.69, 9.17) is 0 Å². The van der Waals surface area contributed by atoms with Crippen LogP contribution in [0.1, 0.15) is 105 Å². The molecule has 0 aliphatic rings. The summed E-state index contributed by atoms with van der Waals surface area (Å²) in [5.41, 5.74) is 2.75. The van der Waals surface area contributed by atoms with E-state index < -0.39 is 0 Å². The number of hydrogen-bond donors (Lipinski definition) is 0. The standard InChI is InChI=1S/C42H54N2/c1-5-9-13-31(7-3)15-11-27-43-29-25-39-37-19-17-34-33(35(37)21-23-41(39)43)18-20-38-36(34)22-24-42-40(38)26-30-44(42)28-12-16-32(8-4)14-10-6-2/h17-26,29-32H,5-16,27-28H2,1-4H3. The van der Waals surface area contributed by atoms with Crippen molar-refractivity contribution in [1.29, 1.82) is 0 Å². The fourth-order valence-corrected chi connectivity index (χ4v) is 7.98. The topological polar surface area (TPSA) is 9.86 Å². The molecule has 0 saturated carbocycles. The maximum atomic E-state index is 2.49. The predicted octanol–water partition coefficient (Wildman–Crippen LogP) is 13.0. The van der Waals surface area contributed by atoms with Gasteiger partial charge in [0.25, 0.3) is 0 Å². The number of hydrogen-bond acceptors (Lipinski definition) is 0. The third-order valence-corrected chi connectivity index (χ3v) is 10.8. The molecular formula is C42H54N2. The van der Waals surface area contributed by atoms with Crippen molar-refractivity contribution in [3.63, 3.8) is 0 Å².